The Morgan fingerprint density at radius 1 is 1.11 bits per heavy atom. The van der Waals surface area contributed by atoms with Crippen LogP contribution in [-0.4, -0.2) is 6.61 Å². The van der Waals surface area contributed by atoms with E-state index >= 15 is 0 Å². The summed E-state index contributed by atoms with van der Waals surface area (Å²) in [5.74, 6) is 0.652. The number of hydrogen-bond donors (Lipinski definition) is 0. The highest BCUT2D eigenvalue weighted by Crippen LogP contribution is 2.22. The van der Waals surface area contributed by atoms with E-state index in [2.05, 4.69) is 34.1 Å². The summed E-state index contributed by atoms with van der Waals surface area (Å²) >= 11 is 3.34. The topological polar surface area (TPSA) is 33.0 Å². The van der Waals surface area contributed by atoms with E-state index in [1.807, 2.05) is 30.3 Å². The van der Waals surface area contributed by atoms with E-state index in [0.29, 0.717) is 17.9 Å². The predicted octanol–water partition coefficient (Wildman–Crippen LogP) is 4.33. The van der Waals surface area contributed by atoms with Gasteiger partial charge in [0.15, 0.2) is 0 Å². The Hall–Kier alpha value is -1.79. The van der Waals surface area contributed by atoms with Gasteiger partial charge < -0.3 is 4.74 Å². The van der Waals surface area contributed by atoms with Gasteiger partial charge in [0.25, 0.3) is 0 Å². The lowest BCUT2D eigenvalue weighted by Gasteiger charge is -2.08. The van der Waals surface area contributed by atoms with Crippen LogP contribution in [0.1, 0.15) is 17.5 Å². The van der Waals surface area contributed by atoms with Gasteiger partial charge in [-0.25, -0.2) is 0 Å². The summed E-state index contributed by atoms with van der Waals surface area (Å²) in [5, 5.41) is 9.03. The van der Waals surface area contributed by atoms with Crippen LogP contribution in [0.5, 0.6) is 5.75 Å². The number of halogens is 1. The molecule has 0 saturated heterocycles. The molecule has 0 saturated carbocycles. The van der Waals surface area contributed by atoms with Gasteiger partial charge in [0.2, 0.25) is 0 Å². The quantitative estimate of drug-likeness (QED) is 0.769. The zero-order chi connectivity index (χ0) is 13.5. The number of nitrogens with zero attached hydrogens (tertiary/aromatic N) is 1. The zero-order valence-corrected chi connectivity index (χ0v) is 12.1. The SMILES string of the molecule is N#Cc1cc(Br)ccc1OCCCc1ccccc1. The van der Waals surface area contributed by atoms with Crippen LogP contribution in [0, 0.1) is 11.3 Å². The van der Waals surface area contributed by atoms with Crippen molar-refractivity contribution < 1.29 is 4.74 Å². The molecular formula is C16H14BrNO. The Morgan fingerprint density at radius 3 is 2.63 bits per heavy atom. The van der Waals surface area contributed by atoms with E-state index in [1.54, 1.807) is 6.07 Å². The van der Waals surface area contributed by atoms with Crippen LogP contribution in [0.4, 0.5) is 0 Å². The van der Waals surface area contributed by atoms with Crippen LogP contribution in [0.2, 0.25) is 0 Å². The minimum absolute atomic E-state index is 0.564. The summed E-state index contributed by atoms with van der Waals surface area (Å²) in [6.45, 7) is 0.616. The van der Waals surface area contributed by atoms with Gasteiger partial charge in [-0.15, -0.1) is 0 Å². The Balaban J connectivity index is 1.85. The van der Waals surface area contributed by atoms with Crippen LogP contribution in [-0.2, 0) is 6.42 Å². The largest absolute Gasteiger partial charge is 0.492 e. The fraction of sp³-hybridized carbons (Fsp3) is 0.188. The first-order valence-corrected chi connectivity index (χ1v) is 6.95. The van der Waals surface area contributed by atoms with Crippen molar-refractivity contribution in [2.45, 2.75) is 12.8 Å². The van der Waals surface area contributed by atoms with E-state index in [0.717, 1.165) is 17.3 Å². The molecule has 0 aromatic heterocycles. The summed E-state index contributed by atoms with van der Waals surface area (Å²) in [7, 11) is 0. The molecule has 0 aliphatic carbocycles. The van der Waals surface area contributed by atoms with E-state index in [9.17, 15) is 0 Å². The number of ether oxygens (including phenoxy) is 1. The molecule has 19 heavy (non-hydrogen) atoms. The predicted molar refractivity (Wildman–Crippen MR) is 79.1 cm³/mol. The molecule has 2 rings (SSSR count). The molecule has 0 N–H and O–H groups in total. The van der Waals surface area contributed by atoms with Crippen molar-refractivity contribution in [3.8, 4) is 11.8 Å². The molecule has 0 aliphatic heterocycles. The number of nitriles is 1. The molecule has 0 radical (unpaired) electrons. The Kier molecular flexibility index (Phi) is 5.00. The first kappa shape index (κ1) is 13.6. The van der Waals surface area contributed by atoms with Gasteiger partial charge in [0, 0.05) is 4.47 Å². The molecule has 3 heteroatoms. The van der Waals surface area contributed by atoms with Crippen molar-refractivity contribution in [1.29, 1.82) is 5.26 Å². The second-order valence-corrected chi connectivity index (χ2v) is 5.11. The highest BCUT2D eigenvalue weighted by atomic mass is 79.9. The number of rotatable bonds is 5. The summed E-state index contributed by atoms with van der Waals surface area (Å²) in [5.41, 5.74) is 1.87. The van der Waals surface area contributed by atoms with Crippen LogP contribution in [0.25, 0.3) is 0 Å². The summed E-state index contributed by atoms with van der Waals surface area (Å²) in [6.07, 6.45) is 1.92. The van der Waals surface area contributed by atoms with Gasteiger partial charge >= 0.3 is 0 Å². The molecule has 0 spiro atoms. The minimum Gasteiger partial charge on any atom is -0.492 e. The van der Waals surface area contributed by atoms with Gasteiger partial charge in [-0.1, -0.05) is 46.3 Å². The minimum atomic E-state index is 0.564. The van der Waals surface area contributed by atoms with Crippen molar-refractivity contribution in [2.75, 3.05) is 6.61 Å². The standard InChI is InChI=1S/C16H14BrNO/c17-15-8-9-16(14(11-15)12-18)19-10-4-7-13-5-2-1-3-6-13/h1-3,5-6,8-9,11H,4,7,10H2. The molecule has 96 valence electrons. The maximum absolute atomic E-state index is 9.03. The fourth-order valence-corrected chi connectivity index (χ4v) is 2.18. The maximum Gasteiger partial charge on any atom is 0.137 e. The molecule has 0 bridgehead atoms. The molecule has 0 unspecified atom stereocenters. The number of benzene rings is 2. The molecule has 2 aromatic carbocycles. The van der Waals surface area contributed by atoms with Crippen LogP contribution < -0.4 is 4.74 Å². The highest BCUT2D eigenvalue weighted by molar-refractivity contribution is 9.10. The first-order chi connectivity index (χ1) is 9.29. The maximum atomic E-state index is 9.03. The van der Waals surface area contributed by atoms with Crippen molar-refractivity contribution in [3.63, 3.8) is 0 Å². The number of aryl methyl sites for hydroxylation is 1. The lowest BCUT2D eigenvalue weighted by molar-refractivity contribution is 0.310. The van der Waals surface area contributed by atoms with Gasteiger partial charge in [0.05, 0.1) is 12.2 Å². The normalized spacial score (nSPS) is 9.89. The Labute approximate surface area is 121 Å². The molecule has 0 fully saturated rings. The third-order valence-electron chi connectivity index (χ3n) is 2.77. The van der Waals surface area contributed by atoms with Crippen molar-refractivity contribution in [3.05, 3.63) is 64.1 Å². The highest BCUT2D eigenvalue weighted by Gasteiger charge is 2.03. The third kappa shape index (κ3) is 4.11. The fourth-order valence-electron chi connectivity index (χ4n) is 1.82. The average molecular weight is 316 g/mol. The summed E-state index contributed by atoms with van der Waals surface area (Å²) in [6, 6.07) is 17.9. The average Bonchev–Trinajstić information content (AvgIpc) is 2.46. The van der Waals surface area contributed by atoms with Gasteiger partial charge in [0.1, 0.15) is 11.8 Å². The van der Waals surface area contributed by atoms with Crippen molar-refractivity contribution in [1.82, 2.24) is 0 Å². The monoisotopic (exact) mass is 315 g/mol. The second-order valence-electron chi connectivity index (χ2n) is 4.19. The van der Waals surface area contributed by atoms with Gasteiger partial charge in [-0.05, 0) is 36.6 Å². The molecule has 2 nitrogen and oxygen atoms in total. The van der Waals surface area contributed by atoms with Crippen LogP contribution >= 0.6 is 15.9 Å². The first-order valence-electron chi connectivity index (χ1n) is 6.16. The molecule has 0 amide bonds. The van der Waals surface area contributed by atoms with Gasteiger partial charge in [-0.3, -0.25) is 0 Å². The second kappa shape index (κ2) is 6.96. The molecule has 0 atom stereocenters. The summed E-state index contributed by atoms with van der Waals surface area (Å²) in [4.78, 5) is 0. The van der Waals surface area contributed by atoms with E-state index < -0.39 is 0 Å². The lowest BCUT2D eigenvalue weighted by Crippen LogP contribution is -2.00. The van der Waals surface area contributed by atoms with Gasteiger partial charge in [-0.2, -0.15) is 5.26 Å². The van der Waals surface area contributed by atoms with Crippen LogP contribution in [0.15, 0.2) is 53.0 Å². The van der Waals surface area contributed by atoms with Crippen molar-refractivity contribution in [2.24, 2.45) is 0 Å². The van der Waals surface area contributed by atoms with E-state index in [4.69, 9.17) is 10.00 Å². The molecule has 2 aromatic rings. The smallest absolute Gasteiger partial charge is 0.137 e. The molecular weight excluding hydrogens is 302 g/mol. The Bertz CT molecular complexity index is 575. The Morgan fingerprint density at radius 2 is 1.89 bits per heavy atom. The van der Waals surface area contributed by atoms with E-state index in [1.165, 1.54) is 5.56 Å². The van der Waals surface area contributed by atoms with E-state index in [-0.39, 0.29) is 0 Å². The number of hydrogen-bond acceptors (Lipinski definition) is 2. The molecule has 0 heterocycles. The molecule has 0 aliphatic rings. The zero-order valence-electron chi connectivity index (χ0n) is 10.5. The summed E-state index contributed by atoms with van der Waals surface area (Å²) < 4.78 is 6.55. The van der Waals surface area contributed by atoms with Crippen LogP contribution in [0.3, 0.4) is 0 Å². The third-order valence-corrected chi connectivity index (χ3v) is 3.27. The lowest BCUT2D eigenvalue weighted by atomic mass is 10.1. The van der Waals surface area contributed by atoms with Crippen molar-refractivity contribution >= 4 is 15.9 Å².